The molecule has 1 N–H and O–H groups in total. The minimum Gasteiger partial charge on any atom is -0.312 e. The van der Waals surface area contributed by atoms with Gasteiger partial charge in [0.25, 0.3) is 0 Å². The van der Waals surface area contributed by atoms with Crippen molar-refractivity contribution in [3.05, 3.63) is 35.9 Å². The fraction of sp³-hybridized carbons (Fsp3) is 0.667. The van der Waals surface area contributed by atoms with Gasteiger partial charge in [0.15, 0.2) is 0 Å². The fourth-order valence-corrected chi connectivity index (χ4v) is 2.98. The zero-order valence-corrected chi connectivity index (χ0v) is 13.3. The highest BCUT2D eigenvalue weighted by molar-refractivity contribution is 5.16. The van der Waals surface area contributed by atoms with Gasteiger partial charge in [-0.3, -0.25) is 4.90 Å². The van der Waals surface area contributed by atoms with Gasteiger partial charge >= 0.3 is 0 Å². The summed E-state index contributed by atoms with van der Waals surface area (Å²) in [5, 5.41) is 3.74. The SMILES string of the molecule is CC(C)CCN1CC(Cc2ccccc2)NCCC1C. The van der Waals surface area contributed by atoms with Crippen LogP contribution >= 0.6 is 0 Å². The Labute approximate surface area is 124 Å². The van der Waals surface area contributed by atoms with Crippen LogP contribution in [0.4, 0.5) is 0 Å². The van der Waals surface area contributed by atoms with E-state index in [9.17, 15) is 0 Å². The highest BCUT2D eigenvalue weighted by Gasteiger charge is 2.22. The Kier molecular flexibility index (Phi) is 6.06. The Hall–Kier alpha value is -0.860. The van der Waals surface area contributed by atoms with Gasteiger partial charge in [-0.1, -0.05) is 44.2 Å². The minimum atomic E-state index is 0.592. The van der Waals surface area contributed by atoms with Crippen molar-refractivity contribution in [3.63, 3.8) is 0 Å². The molecule has 2 heteroatoms. The lowest BCUT2D eigenvalue weighted by Gasteiger charge is -2.29. The van der Waals surface area contributed by atoms with Gasteiger partial charge in [0.2, 0.25) is 0 Å². The predicted molar refractivity (Wildman–Crippen MR) is 87.0 cm³/mol. The zero-order chi connectivity index (χ0) is 14.4. The summed E-state index contributed by atoms with van der Waals surface area (Å²) in [4.78, 5) is 2.69. The molecule has 0 saturated carbocycles. The number of nitrogens with one attached hydrogen (secondary N) is 1. The van der Waals surface area contributed by atoms with Crippen LogP contribution in [0.15, 0.2) is 30.3 Å². The molecule has 0 aliphatic carbocycles. The summed E-state index contributed by atoms with van der Waals surface area (Å²) in [5.41, 5.74) is 1.45. The molecule has 1 aliphatic rings. The quantitative estimate of drug-likeness (QED) is 0.886. The molecule has 2 atom stereocenters. The van der Waals surface area contributed by atoms with Gasteiger partial charge in [0.1, 0.15) is 0 Å². The number of hydrogen-bond acceptors (Lipinski definition) is 2. The normalized spacial score (nSPS) is 24.8. The van der Waals surface area contributed by atoms with Gasteiger partial charge in [0, 0.05) is 18.6 Å². The average Bonchev–Trinajstić information content (AvgIpc) is 2.60. The summed E-state index contributed by atoms with van der Waals surface area (Å²) in [6.07, 6.45) is 3.72. The van der Waals surface area contributed by atoms with Gasteiger partial charge in [0.05, 0.1) is 0 Å². The van der Waals surface area contributed by atoms with Crippen molar-refractivity contribution in [2.24, 2.45) is 5.92 Å². The van der Waals surface area contributed by atoms with Crippen molar-refractivity contribution in [2.45, 2.75) is 52.1 Å². The monoisotopic (exact) mass is 274 g/mol. The van der Waals surface area contributed by atoms with Gasteiger partial charge < -0.3 is 5.32 Å². The van der Waals surface area contributed by atoms with Crippen LogP contribution in [0.1, 0.15) is 39.2 Å². The van der Waals surface area contributed by atoms with E-state index in [0.717, 1.165) is 18.9 Å². The number of rotatable bonds is 5. The number of hydrogen-bond donors (Lipinski definition) is 1. The van der Waals surface area contributed by atoms with Gasteiger partial charge in [-0.15, -0.1) is 0 Å². The average molecular weight is 274 g/mol. The van der Waals surface area contributed by atoms with E-state index in [2.05, 4.69) is 61.3 Å². The molecule has 2 rings (SSSR count). The first-order valence-electron chi connectivity index (χ1n) is 8.16. The molecule has 20 heavy (non-hydrogen) atoms. The van der Waals surface area contributed by atoms with Crippen LogP contribution in [0, 0.1) is 5.92 Å². The Morgan fingerprint density at radius 2 is 2.00 bits per heavy atom. The molecule has 1 aliphatic heterocycles. The molecule has 2 unspecified atom stereocenters. The van der Waals surface area contributed by atoms with Crippen LogP contribution < -0.4 is 5.32 Å². The third-order valence-electron chi connectivity index (χ3n) is 4.39. The zero-order valence-electron chi connectivity index (χ0n) is 13.3. The Morgan fingerprint density at radius 3 is 2.70 bits per heavy atom. The van der Waals surface area contributed by atoms with Crippen LogP contribution in [0.5, 0.6) is 0 Å². The first kappa shape index (κ1) is 15.5. The largest absolute Gasteiger partial charge is 0.312 e. The Morgan fingerprint density at radius 1 is 1.25 bits per heavy atom. The van der Waals surface area contributed by atoms with Crippen molar-refractivity contribution >= 4 is 0 Å². The molecular weight excluding hydrogens is 244 g/mol. The van der Waals surface area contributed by atoms with Gasteiger partial charge in [-0.05, 0) is 50.8 Å². The van der Waals surface area contributed by atoms with Gasteiger partial charge in [-0.2, -0.15) is 0 Å². The van der Waals surface area contributed by atoms with E-state index >= 15 is 0 Å². The van der Waals surface area contributed by atoms with Crippen LogP contribution in [0.3, 0.4) is 0 Å². The Balaban J connectivity index is 1.92. The molecule has 0 amide bonds. The summed E-state index contributed by atoms with van der Waals surface area (Å²) in [6, 6.07) is 12.2. The molecule has 0 spiro atoms. The first-order valence-corrected chi connectivity index (χ1v) is 8.16. The van der Waals surface area contributed by atoms with Crippen molar-refractivity contribution in [3.8, 4) is 0 Å². The molecular formula is C18H30N2. The molecule has 1 heterocycles. The molecule has 0 radical (unpaired) electrons. The molecule has 2 nitrogen and oxygen atoms in total. The highest BCUT2D eigenvalue weighted by atomic mass is 15.2. The molecule has 1 aromatic carbocycles. The maximum absolute atomic E-state index is 3.74. The summed E-state index contributed by atoms with van der Waals surface area (Å²) in [6.45, 7) is 10.6. The summed E-state index contributed by atoms with van der Waals surface area (Å²) >= 11 is 0. The molecule has 1 saturated heterocycles. The van der Waals surface area contributed by atoms with Gasteiger partial charge in [-0.25, -0.2) is 0 Å². The lowest BCUT2D eigenvalue weighted by molar-refractivity contribution is 0.193. The maximum Gasteiger partial charge on any atom is 0.0235 e. The lowest BCUT2D eigenvalue weighted by atomic mass is 10.0. The third-order valence-corrected chi connectivity index (χ3v) is 4.39. The van der Waals surface area contributed by atoms with E-state index in [-0.39, 0.29) is 0 Å². The highest BCUT2D eigenvalue weighted by Crippen LogP contribution is 2.14. The second-order valence-electron chi connectivity index (χ2n) is 6.66. The van der Waals surface area contributed by atoms with Crippen molar-refractivity contribution in [2.75, 3.05) is 19.6 Å². The fourth-order valence-electron chi connectivity index (χ4n) is 2.98. The van der Waals surface area contributed by atoms with Crippen LogP contribution in [0.2, 0.25) is 0 Å². The van der Waals surface area contributed by atoms with Crippen LogP contribution in [-0.2, 0) is 6.42 Å². The van der Waals surface area contributed by atoms with E-state index in [4.69, 9.17) is 0 Å². The second kappa shape index (κ2) is 7.80. The predicted octanol–water partition coefficient (Wildman–Crippen LogP) is 3.33. The van der Waals surface area contributed by atoms with Crippen molar-refractivity contribution in [1.29, 1.82) is 0 Å². The number of nitrogens with zero attached hydrogens (tertiary/aromatic N) is 1. The van der Waals surface area contributed by atoms with Crippen molar-refractivity contribution < 1.29 is 0 Å². The molecule has 0 aromatic heterocycles. The van der Waals surface area contributed by atoms with E-state index in [0.29, 0.717) is 12.1 Å². The van der Waals surface area contributed by atoms with E-state index < -0.39 is 0 Å². The smallest absolute Gasteiger partial charge is 0.0235 e. The van der Waals surface area contributed by atoms with E-state index in [1.807, 2.05) is 0 Å². The van der Waals surface area contributed by atoms with E-state index in [1.54, 1.807) is 0 Å². The molecule has 112 valence electrons. The van der Waals surface area contributed by atoms with Crippen LogP contribution in [-0.4, -0.2) is 36.6 Å². The number of benzene rings is 1. The summed E-state index contributed by atoms with van der Waals surface area (Å²) in [7, 11) is 0. The molecule has 1 fully saturated rings. The second-order valence-corrected chi connectivity index (χ2v) is 6.66. The lowest BCUT2D eigenvalue weighted by Crippen LogP contribution is -2.41. The minimum absolute atomic E-state index is 0.592. The summed E-state index contributed by atoms with van der Waals surface area (Å²) in [5.74, 6) is 0.797. The Bertz CT molecular complexity index is 374. The summed E-state index contributed by atoms with van der Waals surface area (Å²) < 4.78 is 0. The molecule has 1 aromatic rings. The van der Waals surface area contributed by atoms with Crippen molar-refractivity contribution in [1.82, 2.24) is 10.2 Å². The van der Waals surface area contributed by atoms with E-state index in [1.165, 1.54) is 31.5 Å². The first-order chi connectivity index (χ1) is 9.65. The van der Waals surface area contributed by atoms with Crippen LogP contribution in [0.25, 0.3) is 0 Å². The topological polar surface area (TPSA) is 15.3 Å². The standard InChI is InChI=1S/C18H30N2/c1-15(2)10-12-20-14-18(19-11-9-16(20)3)13-17-7-5-4-6-8-17/h4-8,15-16,18-19H,9-14H2,1-3H3. The maximum atomic E-state index is 3.74. The molecule has 0 bridgehead atoms. The third kappa shape index (κ3) is 4.92.